The van der Waals surface area contributed by atoms with Crippen molar-refractivity contribution in [3.05, 3.63) is 30.3 Å². The first-order chi connectivity index (χ1) is 10.6. The summed E-state index contributed by atoms with van der Waals surface area (Å²) in [5, 5.41) is 1.60. The molecule has 0 aliphatic rings. The fourth-order valence-electron chi connectivity index (χ4n) is 2.77. The average Bonchev–Trinajstić information content (AvgIpc) is 2.45. The predicted octanol–water partition coefficient (Wildman–Crippen LogP) is 4.82. The Kier molecular flexibility index (Phi) is 8.11. The van der Waals surface area contributed by atoms with Crippen LogP contribution in [0.5, 0.6) is 0 Å². The molecule has 3 heteroatoms. The Labute approximate surface area is 151 Å². The molecule has 1 aromatic rings. The zero-order chi connectivity index (χ0) is 17.5. The number of hydrogen-bond donors (Lipinski definition) is 0. The molecule has 1 radical (unpaired) electrons. The van der Waals surface area contributed by atoms with E-state index >= 15 is 0 Å². The van der Waals surface area contributed by atoms with Crippen molar-refractivity contribution in [2.75, 3.05) is 0 Å². The molecule has 0 saturated carbocycles. The van der Waals surface area contributed by atoms with Crippen LogP contribution in [0.2, 0.25) is 15.4 Å². The van der Waals surface area contributed by atoms with Gasteiger partial charge in [-0.2, -0.15) is 0 Å². The Hall–Kier alpha value is -0.524. The normalized spacial score (nSPS) is 13.8. The Bertz CT molecular complexity index is 479. The van der Waals surface area contributed by atoms with Crippen molar-refractivity contribution in [3.8, 4) is 12.3 Å². The standard InChI is InChI=1S/C20H31OSeSi/c1-8-17(21-23(19(2,3)4)20(5,6)7)13-12-16-22-18-14-10-9-11-15-18/h1,9-11,14-15,17H,12-13,16H2,2-7H3. The SMILES string of the molecule is C#CC(CCC[Se]c1ccccc1)O[Si](C(C)(C)C)C(C)(C)C. The van der Waals surface area contributed by atoms with E-state index < -0.39 is 9.04 Å². The first-order valence-electron chi connectivity index (χ1n) is 8.33. The van der Waals surface area contributed by atoms with Gasteiger partial charge in [-0.1, -0.05) is 0 Å². The van der Waals surface area contributed by atoms with Crippen molar-refractivity contribution >= 4 is 28.5 Å². The second-order valence-corrected chi connectivity index (χ2v) is 14.3. The summed E-state index contributed by atoms with van der Waals surface area (Å²) in [5.74, 6) is 2.89. The second kappa shape index (κ2) is 9.09. The number of terminal acetylenes is 1. The van der Waals surface area contributed by atoms with Crippen LogP contribution < -0.4 is 4.46 Å². The Morgan fingerprint density at radius 2 is 1.65 bits per heavy atom. The van der Waals surface area contributed by atoms with Gasteiger partial charge < -0.3 is 0 Å². The molecule has 0 N–H and O–H groups in total. The molecule has 23 heavy (non-hydrogen) atoms. The van der Waals surface area contributed by atoms with Crippen molar-refractivity contribution in [3.63, 3.8) is 0 Å². The third kappa shape index (κ3) is 7.72. The molecule has 0 aliphatic heterocycles. The van der Waals surface area contributed by atoms with Crippen LogP contribution in [-0.2, 0) is 4.43 Å². The number of rotatable bonds is 7. The summed E-state index contributed by atoms with van der Waals surface area (Å²) in [5.41, 5.74) is 0. The molecule has 0 amide bonds. The summed E-state index contributed by atoms with van der Waals surface area (Å²) in [7, 11) is -1.01. The van der Waals surface area contributed by atoms with E-state index in [9.17, 15) is 0 Å². The molecular formula is C20H31OSeSi. The molecule has 1 rings (SSSR count). The summed E-state index contributed by atoms with van der Waals surface area (Å²) in [6, 6.07) is 10.7. The van der Waals surface area contributed by atoms with Gasteiger partial charge in [0.05, 0.1) is 0 Å². The van der Waals surface area contributed by atoms with E-state index in [-0.39, 0.29) is 16.2 Å². The molecule has 1 unspecified atom stereocenters. The van der Waals surface area contributed by atoms with Gasteiger partial charge in [-0.15, -0.1) is 0 Å². The monoisotopic (exact) mass is 395 g/mol. The molecular weight excluding hydrogens is 363 g/mol. The molecule has 1 aromatic carbocycles. The molecule has 0 bridgehead atoms. The summed E-state index contributed by atoms with van der Waals surface area (Å²) in [6.07, 6.45) is 7.84. The van der Waals surface area contributed by atoms with E-state index in [2.05, 4.69) is 77.8 Å². The third-order valence-corrected chi connectivity index (χ3v) is 8.98. The van der Waals surface area contributed by atoms with Crippen LogP contribution in [0.4, 0.5) is 0 Å². The predicted molar refractivity (Wildman–Crippen MR) is 105 cm³/mol. The van der Waals surface area contributed by atoms with Crippen LogP contribution in [0.3, 0.4) is 0 Å². The van der Waals surface area contributed by atoms with E-state index in [0.29, 0.717) is 15.0 Å². The van der Waals surface area contributed by atoms with E-state index in [1.807, 2.05) is 0 Å². The first kappa shape index (κ1) is 20.5. The maximum absolute atomic E-state index is 6.45. The molecule has 0 saturated heterocycles. The van der Waals surface area contributed by atoms with E-state index in [1.165, 1.54) is 9.78 Å². The van der Waals surface area contributed by atoms with Crippen molar-refractivity contribution in [2.45, 2.75) is 75.9 Å². The van der Waals surface area contributed by atoms with Gasteiger partial charge in [-0.3, -0.25) is 0 Å². The molecule has 0 heterocycles. The van der Waals surface area contributed by atoms with Crippen LogP contribution >= 0.6 is 0 Å². The maximum atomic E-state index is 6.45. The van der Waals surface area contributed by atoms with Gasteiger partial charge in [0, 0.05) is 0 Å². The minimum absolute atomic E-state index is 0.0334. The van der Waals surface area contributed by atoms with Gasteiger partial charge in [0.2, 0.25) is 0 Å². The van der Waals surface area contributed by atoms with Crippen molar-refractivity contribution in [1.29, 1.82) is 0 Å². The second-order valence-electron chi connectivity index (χ2n) is 7.91. The van der Waals surface area contributed by atoms with Gasteiger partial charge in [0.15, 0.2) is 0 Å². The average molecular weight is 395 g/mol. The van der Waals surface area contributed by atoms with E-state index in [1.54, 1.807) is 0 Å². The van der Waals surface area contributed by atoms with Gasteiger partial charge in [0.1, 0.15) is 0 Å². The molecule has 0 aliphatic carbocycles. The van der Waals surface area contributed by atoms with Crippen LogP contribution in [0.1, 0.15) is 54.4 Å². The van der Waals surface area contributed by atoms with E-state index in [4.69, 9.17) is 10.8 Å². The molecule has 0 spiro atoms. The molecule has 1 nitrogen and oxygen atoms in total. The summed E-state index contributed by atoms with van der Waals surface area (Å²) in [4.78, 5) is 0. The molecule has 0 aromatic heterocycles. The molecule has 0 fully saturated rings. The topological polar surface area (TPSA) is 9.23 Å². The minimum atomic E-state index is -1.01. The van der Waals surface area contributed by atoms with Crippen LogP contribution in [0.25, 0.3) is 0 Å². The van der Waals surface area contributed by atoms with Gasteiger partial charge in [-0.25, -0.2) is 0 Å². The van der Waals surface area contributed by atoms with Gasteiger partial charge in [-0.05, 0) is 0 Å². The van der Waals surface area contributed by atoms with Crippen LogP contribution in [0.15, 0.2) is 30.3 Å². The summed E-state index contributed by atoms with van der Waals surface area (Å²) < 4.78 is 7.92. The summed E-state index contributed by atoms with van der Waals surface area (Å²) >= 11 is 0.544. The third-order valence-electron chi connectivity index (χ3n) is 3.43. The first-order valence-corrected chi connectivity index (χ1v) is 11.8. The zero-order valence-electron chi connectivity index (χ0n) is 15.5. The Balaban J connectivity index is 2.48. The van der Waals surface area contributed by atoms with Gasteiger partial charge in [0.25, 0.3) is 0 Å². The van der Waals surface area contributed by atoms with Crippen LogP contribution in [-0.4, -0.2) is 30.1 Å². The quantitative estimate of drug-likeness (QED) is 0.366. The van der Waals surface area contributed by atoms with Crippen molar-refractivity contribution in [2.24, 2.45) is 0 Å². The fourth-order valence-corrected chi connectivity index (χ4v) is 8.08. The molecule has 1 atom stereocenters. The Morgan fingerprint density at radius 1 is 1.09 bits per heavy atom. The van der Waals surface area contributed by atoms with Crippen molar-refractivity contribution in [1.82, 2.24) is 0 Å². The number of hydrogen-bond acceptors (Lipinski definition) is 1. The fraction of sp³-hybridized carbons (Fsp3) is 0.600. The van der Waals surface area contributed by atoms with E-state index in [0.717, 1.165) is 12.8 Å². The Morgan fingerprint density at radius 3 is 2.13 bits per heavy atom. The number of benzene rings is 1. The zero-order valence-corrected chi connectivity index (χ0v) is 18.2. The molecule has 127 valence electrons. The van der Waals surface area contributed by atoms with Crippen molar-refractivity contribution < 1.29 is 4.43 Å². The summed E-state index contributed by atoms with van der Waals surface area (Å²) in [6.45, 7) is 13.7. The van der Waals surface area contributed by atoms with Gasteiger partial charge >= 0.3 is 151 Å². The van der Waals surface area contributed by atoms with Crippen LogP contribution in [0, 0.1) is 12.3 Å².